The highest BCUT2D eigenvalue weighted by Crippen LogP contribution is 2.30. The van der Waals surface area contributed by atoms with E-state index in [9.17, 15) is 4.79 Å². The monoisotopic (exact) mass is 324 g/mol. The SMILES string of the molecule is COc1ccc(C(=O)OC(c2ccccc2)c2ccccc2)s1. The average Bonchev–Trinajstić information content (AvgIpc) is 3.10. The van der Waals surface area contributed by atoms with E-state index in [1.165, 1.54) is 11.3 Å². The molecule has 1 aromatic heterocycles. The molecule has 0 spiro atoms. The van der Waals surface area contributed by atoms with E-state index in [4.69, 9.17) is 9.47 Å². The molecule has 0 atom stereocenters. The normalized spacial score (nSPS) is 10.5. The molecule has 0 saturated carbocycles. The van der Waals surface area contributed by atoms with Gasteiger partial charge in [-0.05, 0) is 23.3 Å². The largest absolute Gasteiger partial charge is 0.487 e. The molecule has 0 aliphatic heterocycles. The van der Waals surface area contributed by atoms with E-state index in [-0.39, 0.29) is 5.97 Å². The van der Waals surface area contributed by atoms with Crippen molar-refractivity contribution in [1.82, 2.24) is 0 Å². The van der Waals surface area contributed by atoms with Crippen LogP contribution >= 0.6 is 11.3 Å². The van der Waals surface area contributed by atoms with Crippen LogP contribution in [0, 0.1) is 0 Å². The van der Waals surface area contributed by atoms with Gasteiger partial charge in [-0.1, -0.05) is 72.0 Å². The fraction of sp³-hybridized carbons (Fsp3) is 0.105. The second-order valence-corrected chi connectivity index (χ2v) is 5.98. The van der Waals surface area contributed by atoms with Crippen LogP contribution in [0.4, 0.5) is 0 Å². The Morgan fingerprint density at radius 3 is 1.91 bits per heavy atom. The van der Waals surface area contributed by atoms with Crippen LogP contribution in [0.3, 0.4) is 0 Å². The minimum absolute atomic E-state index is 0.351. The van der Waals surface area contributed by atoms with Crippen LogP contribution in [0.2, 0.25) is 0 Å². The topological polar surface area (TPSA) is 35.5 Å². The maximum atomic E-state index is 12.5. The second kappa shape index (κ2) is 7.11. The number of hydrogen-bond acceptors (Lipinski definition) is 4. The van der Waals surface area contributed by atoms with Crippen LogP contribution in [-0.4, -0.2) is 13.1 Å². The third-order valence-corrected chi connectivity index (χ3v) is 4.44. The Morgan fingerprint density at radius 1 is 0.870 bits per heavy atom. The molecule has 4 heteroatoms. The van der Waals surface area contributed by atoms with Crippen molar-refractivity contribution in [2.24, 2.45) is 0 Å². The van der Waals surface area contributed by atoms with Gasteiger partial charge in [0.05, 0.1) is 7.11 Å². The Hall–Kier alpha value is -2.59. The zero-order valence-corrected chi connectivity index (χ0v) is 13.5. The van der Waals surface area contributed by atoms with Crippen molar-refractivity contribution in [2.75, 3.05) is 7.11 Å². The molecule has 0 radical (unpaired) electrons. The Labute approximate surface area is 139 Å². The molecule has 0 aliphatic carbocycles. The molecule has 1 heterocycles. The van der Waals surface area contributed by atoms with Gasteiger partial charge < -0.3 is 9.47 Å². The third-order valence-electron chi connectivity index (χ3n) is 3.41. The van der Waals surface area contributed by atoms with Gasteiger partial charge in [-0.2, -0.15) is 0 Å². The molecule has 0 aliphatic rings. The summed E-state index contributed by atoms with van der Waals surface area (Å²) in [5.41, 5.74) is 1.88. The molecule has 116 valence electrons. The highest BCUT2D eigenvalue weighted by Gasteiger charge is 2.21. The van der Waals surface area contributed by atoms with E-state index in [0.717, 1.165) is 11.1 Å². The van der Waals surface area contributed by atoms with Crippen LogP contribution in [0.25, 0.3) is 0 Å². The van der Waals surface area contributed by atoms with E-state index in [2.05, 4.69) is 0 Å². The molecule has 3 rings (SSSR count). The molecule has 3 aromatic rings. The van der Waals surface area contributed by atoms with E-state index in [1.54, 1.807) is 19.2 Å². The molecular formula is C19H16O3S. The lowest BCUT2D eigenvalue weighted by Crippen LogP contribution is -2.12. The number of rotatable bonds is 5. The minimum atomic E-state index is -0.432. The molecular weight excluding hydrogens is 308 g/mol. The number of ether oxygens (including phenoxy) is 2. The second-order valence-electron chi connectivity index (χ2n) is 4.93. The van der Waals surface area contributed by atoms with Gasteiger partial charge in [0.1, 0.15) is 4.88 Å². The molecule has 0 N–H and O–H groups in total. The Balaban J connectivity index is 1.88. The van der Waals surface area contributed by atoms with Gasteiger partial charge in [0.25, 0.3) is 0 Å². The number of benzene rings is 2. The predicted molar refractivity (Wildman–Crippen MR) is 91.0 cm³/mol. The van der Waals surface area contributed by atoms with Gasteiger partial charge in [0.15, 0.2) is 11.2 Å². The van der Waals surface area contributed by atoms with Gasteiger partial charge in [0.2, 0.25) is 0 Å². The molecule has 0 unspecified atom stereocenters. The summed E-state index contributed by atoms with van der Waals surface area (Å²) in [4.78, 5) is 13.0. The van der Waals surface area contributed by atoms with Crippen molar-refractivity contribution >= 4 is 17.3 Å². The van der Waals surface area contributed by atoms with Gasteiger partial charge in [0, 0.05) is 0 Å². The first-order valence-corrected chi connectivity index (χ1v) is 8.04. The van der Waals surface area contributed by atoms with Crippen molar-refractivity contribution in [3.05, 3.63) is 88.8 Å². The maximum Gasteiger partial charge on any atom is 0.349 e. The first-order valence-electron chi connectivity index (χ1n) is 7.22. The fourth-order valence-corrected chi connectivity index (χ4v) is 2.99. The fourth-order valence-electron chi connectivity index (χ4n) is 2.29. The smallest absolute Gasteiger partial charge is 0.349 e. The van der Waals surface area contributed by atoms with Crippen molar-refractivity contribution < 1.29 is 14.3 Å². The summed E-state index contributed by atoms with van der Waals surface area (Å²) in [6.45, 7) is 0. The number of carbonyl (C=O) groups is 1. The summed E-state index contributed by atoms with van der Waals surface area (Å²) in [5, 5.41) is 0.688. The molecule has 0 bridgehead atoms. The first kappa shape index (κ1) is 15.3. The Morgan fingerprint density at radius 2 is 1.43 bits per heavy atom. The molecule has 0 saturated heterocycles. The average molecular weight is 324 g/mol. The van der Waals surface area contributed by atoms with Gasteiger partial charge >= 0.3 is 5.97 Å². The number of thiophene rings is 1. The van der Waals surface area contributed by atoms with Crippen molar-refractivity contribution in [2.45, 2.75) is 6.10 Å². The maximum absolute atomic E-state index is 12.5. The van der Waals surface area contributed by atoms with Gasteiger partial charge in [-0.25, -0.2) is 4.79 Å². The van der Waals surface area contributed by atoms with Crippen LogP contribution in [-0.2, 0) is 4.74 Å². The highest BCUT2D eigenvalue weighted by molar-refractivity contribution is 7.15. The summed E-state index contributed by atoms with van der Waals surface area (Å²) >= 11 is 1.28. The van der Waals surface area contributed by atoms with E-state index >= 15 is 0 Å². The van der Waals surface area contributed by atoms with Crippen LogP contribution in [0.15, 0.2) is 72.8 Å². The quantitative estimate of drug-likeness (QED) is 0.638. The van der Waals surface area contributed by atoms with Gasteiger partial charge in [-0.15, -0.1) is 0 Å². The van der Waals surface area contributed by atoms with Crippen LogP contribution in [0.1, 0.15) is 26.9 Å². The molecule has 2 aromatic carbocycles. The minimum Gasteiger partial charge on any atom is -0.487 e. The summed E-state index contributed by atoms with van der Waals surface area (Å²) in [6.07, 6.45) is -0.432. The van der Waals surface area contributed by atoms with Crippen molar-refractivity contribution in [3.8, 4) is 5.06 Å². The van der Waals surface area contributed by atoms with Crippen molar-refractivity contribution in [1.29, 1.82) is 0 Å². The summed E-state index contributed by atoms with van der Waals surface area (Å²) in [7, 11) is 1.58. The number of esters is 1. The summed E-state index contributed by atoms with van der Waals surface area (Å²) in [5.74, 6) is -0.351. The number of methoxy groups -OCH3 is 1. The van der Waals surface area contributed by atoms with Gasteiger partial charge in [-0.3, -0.25) is 0 Å². The van der Waals surface area contributed by atoms with Crippen LogP contribution in [0.5, 0.6) is 5.06 Å². The lowest BCUT2D eigenvalue weighted by Gasteiger charge is -2.18. The number of hydrogen-bond donors (Lipinski definition) is 0. The zero-order valence-electron chi connectivity index (χ0n) is 12.6. The van der Waals surface area contributed by atoms with Crippen LogP contribution < -0.4 is 4.74 Å². The third kappa shape index (κ3) is 3.60. The highest BCUT2D eigenvalue weighted by atomic mass is 32.1. The zero-order chi connectivity index (χ0) is 16.1. The Bertz CT molecular complexity index is 726. The van der Waals surface area contributed by atoms with E-state index in [0.29, 0.717) is 9.94 Å². The van der Waals surface area contributed by atoms with Crippen molar-refractivity contribution in [3.63, 3.8) is 0 Å². The summed E-state index contributed by atoms with van der Waals surface area (Å²) < 4.78 is 10.9. The molecule has 3 nitrogen and oxygen atoms in total. The number of carbonyl (C=O) groups excluding carboxylic acids is 1. The molecule has 23 heavy (non-hydrogen) atoms. The van der Waals surface area contributed by atoms with E-state index < -0.39 is 6.10 Å². The lowest BCUT2D eigenvalue weighted by atomic mass is 10.0. The predicted octanol–water partition coefficient (Wildman–Crippen LogP) is 4.70. The lowest BCUT2D eigenvalue weighted by molar-refractivity contribution is 0.0384. The summed E-state index contributed by atoms with van der Waals surface area (Å²) in [6, 6.07) is 23.0. The first-order chi connectivity index (χ1) is 11.3. The molecule has 0 fully saturated rings. The Kier molecular flexibility index (Phi) is 4.74. The molecule has 0 amide bonds. The van der Waals surface area contributed by atoms with E-state index in [1.807, 2.05) is 60.7 Å². The standard InChI is InChI=1S/C19H16O3S/c1-21-17-13-12-16(23-17)19(20)22-18(14-8-4-2-5-9-14)15-10-6-3-7-11-15/h2-13,18H,1H3.